The number of rotatable bonds is 4. The fourth-order valence-corrected chi connectivity index (χ4v) is 17.8. The maximum Gasteiger partial charge on any atom is 0.155 e. The summed E-state index contributed by atoms with van der Waals surface area (Å²) in [4.78, 5) is 0. The number of hydrogen-bond donors (Lipinski definition) is 0. The zero-order valence-corrected chi connectivity index (χ0v) is 29.8. The van der Waals surface area contributed by atoms with E-state index in [0.29, 0.717) is 0 Å². The molecule has 0 nitrogen and oxygen atoms in total. The molecule has 8 aromatic rings. The zero-order valence-electron chi connectivity index (χ0n) is 28.8. The summed E-state index contributed by atoms with van der Waals surface area (Å²) in [7, 11) is -2.44. The van der Waals surface area contributed by atoms with Crippen molar-refractivity contribution in [3.63, 3.8) is 0 Å². The lowest BCUT2D eigenvalue weighted by Gasteiger charge is -2.47. The van der Waals surface area contributed by atoms with Gasteiger partial charge < -0.3 is 0 Å². The highest BCUT2D eigenvalue weighted by Crippen LogP contribution is 2.67. The lowest BCUT2D eigenvalue weighted by molar-refractivity contribution is 0.395. The number of hydrogen-bond acceptors (Lipinski definition) is 0. The van der Waals surface area contributed by atoms with Gasteiger partial charge in [-0.3, -0.25) is 0 Å². The van der Waals surface area contributed by atoms with E-state index in [1.165, 1.54) is 73.8 Å². The van der Waals surface area contributed by atoms with Gasteiger partial charge in [0, 0.05) is 0 Å². The van der Waals surface area contributed by atoms with Gasteiger partial charge in [0.1, 0.15) is 0 Å². The molecule has 10 rings (SSSR count). The molecule has 1 saturated carbocycles. The largest absolute Gasteiger partial charge is 0.155 e. The van der Waals surface area contributed by atoms with Crippen LogP contribution < -0.4 is 15.6 Å². The Labute approximate surface area is 296 Å². The van der Waals surface area contributed by atoms with Crippen molar-refractivity contribution in [3.05, 3.63) is 175 Å². The summed E-state index contributed by atoms with van der Waals surface area (Å²) in [5.74, 6) is 0. The first-order valence-electron chi connectivity index (χ1n) is 18.2. The minimum atomic E-state index is -2.44. The third-order valence-electron chi connectivity index (χ3n) is 13.1. The number of benzene rings is 8. The van der Waals surface area contributed by atoms with Crippen LogP contribution in [0.2, 0.25) is 5.04 Å². The predicted octanol–water partition coefficient (Wildman–Crippen LogP) is 11.2. The summed E-state index contributed by atoms with van der Waals surface area (Å²) in [6.45, 7) is 5.28. The maximum atomic E-state index is 2.66. The van der Waals surface area contributed by atoms with Gasteiger partial charge in [-0.1, -0.05) is 190 Å². The van der Waals surface area contributed by atoms with Gasteiger partial charge in [-0.05, 0) is 99.0 Å². The minimum absolute atomic E-state index is 0.0880. The van der Waals surface area contributed by atoms with E-state index < -0.39 is 8.07 Å². The van der Waals surface area contributed by atoms with Crippen LogP contribution in [0.15, 0.2) is 170 Å². The summed E-state index contributed by atoms with van der Waals surface area (Å²) in [5, 5.41) is 12.7. The highest BCUT2D eigenvalue weighted by Gasteiger charge is 2.69. The van der Waals surface area contributed by atoms with Crippen molar-refractivity contribution in [2.45, 2.75) is 43.6 Å². The van der Waals surface area contributed by atoms with E-state index >= 15 is 0 Å². The molecule has 50 heavy (non-hydrogen) atoms. The first-order chi connectivity index (χ1) is 24.6. The molecule has 0 saturated heterocycles. The lowest BCUT2D eigenvalue weighted by Crippen LogP contribution is -2.71. The predicted molar refractivity (Wildman–Crippen MR) is 217 cm³/mol. The third kappa shape index (κ3) is 3.76. The normalized spacial score (nSPS) is 20.7. The van der Waals surface area contributed by atoms with Crippen molar-refractivity contribution in [3.8, 4) is 22.3 Å². The van der Waals surface area contributed by atoms with Crippen LogP contribution in [-0.4, -0.2) is 8.07 Å². The number of fused-ring (bicyclic) bond motifs is 6. The Hall–Kier alpha value is -5.24. The quantitative estimate of drug-likeness (QED) is 0.131. The molecule has 1 aliphatic heterocycles. The minimum Gasteiger partial charge on any atom is -0.0624 e. The van der Waals surface area contributed by atoms with E-state index in [9.17, 15) is 0 Å². The Morgan fingerprint density at radius 1 is 0.460 bits per heavy atom. The molecule has 2 aliphatic rings. The molecule has 2 unspecified atom stereocenters. The van der Waals surface area contributed by atoms with E-state index in [-0.39, 0.29) is 10.5 Å². The summed E-state index contributed by atoms with van der Waals surface area (Å²) >= 11 is 0. The molecular weight excluding hydrogens is 617 g/mol. The van der Waals surface area contributed by atoms with Crippen LogP contribution in [0.1, 0.15) is 38.7 Å². The Bertz CT molecular complexity index is 2500. The molecule has 1 heteroatoms. The Kier molecular flexibility index (Phi) is 6.45. The fraction of sp³-hybridized carbons (Fsp3) is 0.143. The van der Waals surface area contributed by atoms with Crippen LogP contribution in [0, 0.1) is 0 Å². The van der Waals surface area contributed by atoms with Gasteiger partial charge in [-0.25, -0.2) is 0 Å². The van der Waals surface area contributed by atoms with Gasteiger partial charge >= 0.3 is 0 Å². The molecule has 8 aromatic carbocycles. The van der Waals surface area contributed by atoms with E-state index in [1.54, 1.807) is 21.1 Å². The summed E-state index contributed by atoms with van der Waals surface area (Å²) in [6.07, 6.45) is 3.77. The molecule has 0 aromatic heterocycles. The molecule has 0 spiro atoms. The molecule has 1 aliphatic carbocycles. The molecule has 0 N–H and O–H groups in total. The van der Waals surface area contributed by atoms with Crippen molar-refractivity contribution in [2.75, 3.05) is 0 Å². The lowest BCUT2D eigenvalue weighted by atomic mass is 9.73. The van der Waals surface area contributed by atoms with Gasteiger partial charge in [0.15, 0.2) is 8.07 Å². The van der Waals surface area contributed by atoms with Gasteiger partial charge in [0.25, 0.3) is 0 Å². The molecule has 2 atom stereocenters. The topological polar surface area (TPSA) is 0 Å². The molecular formula is C49H40Si. The summed E-state index contributed by atoms with van der Waals surface area (Å²) < 4.78 is 0. The van der Waals surface area contributed by atoms with Crippen molar-refractivity contribution in [2.24, 2.45) is 0 Å². The molecule has 0 amide bonds. The van der Waals surface area contributed by atoms with Crippen LogP contribution in [0.3, 0.4) is 0 Å². The highest BCUT2D eigenvalue weighted by atomic mass is 28.3. The van der Waals surface area contributed by atoms with Crippen LogP contribution >= 0.6 is 0 Å². The maximum absolute atomic E-state index is 2.66. The van der Waals surface area contributed by atoms with Gasteiger partial charge in [-0.15, -0.1) is 0 Å². The van der Waals surface area contributed by atoms with Crippen LogP contribution in [0.25, 0.3) is 54.6 Å². The summed E-state index contributed by atoms with van der Waals surface area (Å²) in [5.41, 5.74) is 6.98. The van der Waals surface area contributed by atoms with E-state index in [0.717, 1.165) is 0 Å². The van der Waals surface area contributed by atoms with Gasteiger partial charge in [0.05, 0.1) is 0 Å². The highest BCUT2D eigenvalue weighted by molar-refractivity contribution is 7.14. The third-order valence-corrected chi connectivity index (χ3v) is 19.2. The SMILES string of the molecule is CC12CCCC1(C)[Si](c1ccccc1)(c1ccccc1)c1ccc(-c3c4ccccc4c(-c4cccc5ccccc45)c4ccccc34)cc12. The average Bonchev–Trinajstić information content (AvgIpc) is 3.57. The first kappa shape index (κ1) is 29.7. The van der Waals surface area contributed by atoms with Crippen molar-refractivity contribution in [1.82, 2.24) is 0 Å². The van der Waals surface area contributed by atoms with Crippen molar-refractivity contribution in [1.29, 1.82) is 0 Å². The van der Waals surface area contributed by atoms with Gasteiger partial charge in [0.2, 0.25) is 0 Å². The second-order valence-corrected chi connectivity index (χ2v) is 19.4. The van der Waals surface area contributed by atoms with E-state index in [1.807, 2.05) is 0 Å². The first-order valence-corrected chi connectivity index (χ1v) is 20.2. The van der Waals surface area contributed by atoms with Gasteiger partial charge in [-0.2, -0.15) is 0 Å². The summed E-state index contributed by atoms with van der Waals surface area (Å²) in [6, 6.07) is 64.7. The second kappa shape index (κ2) is 10.9. The smallest absolute Gasteiger partial charge is 0.0624 e. The molecule has 0 radical (unpaired) electrons. The Morgan fingerprint density at radius 2 is 0.980 bits per heavy atom. The Balaban J connectivity index is 1.29. The fourth-order valence-electron chi connectivity index (χ4n) is 10.8. The zero-order chi connectivity index (χ0) is 33.5. The van der Waals surface area contributed by atoms with Crippen LogP contribution in [0.5, 0.6) is 0 Å². The van der Waals surface area contributed by atoms with E-state index in [4.69, 9.17) is 0 Å². The molecule has 1 fully saturated rings. The standard InChI is InChI=1S/C49H40Si/c1-48-31-16-32-49(48,2)50(36-19-5-3-6-20-36,37-21-7-4-8-22-37)45-30-29-35(33-44(45)48)46-40-24-11-13-26-42(40)47(43-27-14-12-25-41(43)46)39-28-15-18-34-17-9-10-23-38(34)39/h3-15,17-30,33H,16,31-32H2,1-2H3. The molecule has 0 bridgehead atoms. The van der Waals surface area contributed by atoms with E-state index in [2.05, 4.69) is 184 Å². The second-order valence-electron chi connectivity index (χ2n) is 15.1. The monoisotopic (exact) mass is 656 g/mol. The van der Waals surface area contributed by atoms with Crippen molar-refractivity contribution >= 4 is 56.0 Å². The van der Waals surface area contributed by atoms with Crippen molar-refractivity contribution < 1.29 is 0 Å². The average molecular weight is 657 g/mol. The van der Waals surface area contributed by atoms with Crippen LogP contribution in [0.4, 0.5) is 0 Å². The molecule has 240 valence electrons. The molecule has 1 heterocycles. The Morgan fingerprint density at radius 3 is 1.60 bits per heavy atom. The van der Waals surface area contributed by atoms with Crippen LogP contribution in [-0.2, 0) is 5.41 Å².